The summed E-state index contributed by atoms with van der Waals surface area (Å²) in [5.41, 5.74) is 6.59. The highest BCUT2D eigenvalue weighted by Gasteiger charge is 2.55. The minimum Gasteiger partial charge on any atom is -1.00 e. The predicted molar refractivity (Wildman–Crippen MR) is 120 cm³/mol. The van der Waals surface area contributed by atoms with E-state index in [4.69, 9.17) is 10.6 Å². The lowest BCUT2D eigenvalue weighted by Crippen LogP contribution is -3.00. The van der Waals surface area contributed by atoms with Crippen LogP contribution in [0.4, 0.5) is 5.13 Å². The molecule has 4 N–H and O–H groups in total. The van der Waals surface area contributed by atoms with Crippen LogP contribution in [0.5, 0.6) is 0 Å². The second kappa shape index (κ2) is 9.87. The number of hydrogen-bond donors (Lipinski definition) is 3. The van der Waals surface area contributed by atoms with E-state index in [1.807, 2.05) is 0 Å². The van der Waals surface area contributed by atoms with Gasteiger partial charge in [0.05, 0.1) is 20.1 Å². The maximum absolute atomic E-state index is 12.9. The van der Waals surface area contributed by atoms with Gasteiger partial charge in [0.2, 0.25) is 0 Å². The van der Waals surface area contributed by atoms with E-state index >= 15 is 0 Å². The minimum absolute atomic E-state index is 0. The molecule has 0 radical (unpaired) electrons. The first kappa shape index (κ1) is 25.3. The van der Waals surface area contributed by atoms with Crippen molar-refractivity contribution >= 4 is 51.7 Å². The quantitative estimate of drug-likeness (QED) is 0.151. The topological polar surface area (TPSA) is 147 Å². The Morgan fingerprint density at radius 2 is 2.12 bits per heavy atom. The van der Waals surface area contributed by atoms with E-state index in [0.29, 0.717) is 12.3 Å². The second-order valence-electron chi connectivity index (χ2n) is 8.24. The number of hydrogen-bond acceptors (Lipinski definition) is 9. The van der Waals surface area contributed by atoms with Gasteiger partial charge in [-0.3, -0.25) is 14.5 Å². The number of carbonyl (C=O) groups is 3. The molecule has 3 aliphatic heterocycles. The Labute approximate surface area is 205 Å². The van der Waals surface area contributed by atoms with Crippen molar-refractivity contribution in [2.75, 3.05) is 45.3 Å². The molecule has 0 aliphatic carbocycles. The highest BCUT2D eigenvalue weighted by atomic mass is 35.5. The molecule has 0 aromatic carbocycles. The number of aromatic nitrogens is 1. The Balaban J connectivity index is 0.00000306. The van der Waals surface area contributed by atoms with Crippen molar-refractivity contribution in [2.24, 2.45) is 5.16 Å². The third-order valence-electron chi connectivity index (χ3n) is 5.92. The molecular weight excluding hydrogens is 492 g/mol. The number of likely N-dealkylation sites (tertiary alicyclic amines) is 1. The predicted octanol–water partition coefficient (Wildman–Crippen LogP) is -2.94. The van der Waals surface area contributed by atoms with Crippen LogP contribution in [0.2, 0.25) is 0 Å². The number of anilines is 1. The third kappa shape index (κ3) is 4.81. The molecule has 33 heavy (non-hydrogen) atoms. The molecule has 1 aromatic rings. The van der Waals surface area contributed by atoms with Crippen molar-refractivity contribution in [3.63, 3.8) is 0 Å². The number of nitrogen functional groups attached to an aromatic ring is 1. The largest absolute Gasteiger partial charge is 1.00 e. The molecule has 2 atom stereocenters. The van der Waals surface area contributed by atoms with Gasteiger partial charge in [0.1, 0.15) is 36.5 Å². The van der Waals surface area contributed by atoms with Crippen molar-refractivity contribution in [2.45, 2.75) is 24.3 Å². The van der Waals surface area contributed by atoms with Gasteiger partial charge in [0.15, 0.2) is 10.8 Å². The van der Waals surface area contributed by atoms with Crippen LogP contribution in [-0.4, -0.2) is 93.9 Å². The summed E-state index contributed by atoms with van der Waals surface area (Å²) in [6.07, 6.45) is 2.24. The average molecular weight is 517 g/mol. The number of likely N-dealkylation sites (N-methyl/N-ethyl adjacent to an activating group) is 1. The van der Waals surface area contributed by atoms with Gasteiger partial charge in [0, 0.05) is 29.5 Å². The second-order valence-corrected chi connectivity index (χ2v) is 10.2. The fourth-order valence-corrected chi connectivity index (χ4v) is 6.31. The first-order chi connectivity index (χ1) is 15.2. The number of halogens is 1. The van der Waals surface area contributed by atoms with Crippen LogP contribution >= 0.6 is 23.1 Å². The highest BCUT2D eigenvalue weighted by molar-refractivity contribution is 8.00. The number of nitrogens with one attached hydrogen (secondary N) is 1. The number of β-lactam (4-membered cyclic amide) rings is 1. The Bertz CT molecular complexity index is 1020. The van der Waals surface area contributed by atoms with E-state index < -0.39 is 29.2 Å². The summed E-state index contributed by atoms with van der Waals surface area (Å²) >= 11 is 2.61. The number of quaternary nitrogens is 1. The highest BCUT2D eigenvalue weighted by Crippen LogP contribution is 2.41. The fourth-order valence-electron chi connectivity index (χ4n) is 4.42. The van der Waals surface area contributed by atoms with E-state index in [9.17, 15) is 19.5 Å². The number of thiazole rings is 1. The normalized spacial score (nSPS) is 24.0. The van der Waals surface area contributed by atoms with Crippen molar-refractivity contribution in [1.82, 2.24) is 15.2 Å². The molecule has 4 heterocycles. The Hall–Kier alpha value is -2.35. The Morgan fingerprint density at radius 3 is 2.70 bits per heavy atom. The van der Waals surface area contributed by atoms with Crippen molar-refractivity contribution in [3.05, 3.63) is 22.3 Å². The van der Waals surface area contributed by atoms with Crippen LogP contribution in [0.1, 0.15) is 18.5 Å². The van der Waals surface area contributed by atoms with Crippen LogP contribution in [-0.2, 0) is 19.2 Å². The molecule has 11 nitrogen and oxygen atoms in total. The van der Waals surface area contributed by atoms with Gasteiger partial charge in [-0.1, -0.05) is 5.16 Å². The molecule has 0 spiro atoms. The molecule has 3 aliphatic rings. The van der Waals surface area contributed by atoms with E-state index in [2.05, 4.69) is 22.5 Å². The zero-order valence-corrected chi connectivity index (χ0v) is 20.5. The standard InChI is InChI=1S/C19H24N6O5S2.ClH/c1-25(5-3-4-6-25)7-10-8-31-17-13(16(27)24(17)14(10)18(28)29)22-15(26)12(23-30-2)11-9-32-19(20)21-11;/h9,13,17H,3-8H2,1-2H3,(H3-,20,21,22,26,28,29);1H/b23-12-;/t13-,17?;/m1./s1. The van der Waals surface area contributed by atoms with Crippen LogP contribution in [0.15, 0.2) is 21.8 Å². The van der Waals surface area contributed by atoms with Crippen LogP contribution in [0.3, 0.4) is 0 Å². The Morgan fingerprint density at radius 1 is 1.42 bits per heavy atom. The molecule has 1 aromatic heterocycles. The number of carboxylic acid groups (broad SMARTS) is 1. The molecular formula is C19H25ClN6O5S2. The van der Waals surface area contributed by atoms with Gasteiger partial charge in [-0.25, -0.2) is 9.78 Å². The summed E-state index contributed by atoms with van der Waals surface area (Å²) in [5, 5.41) is 17.6. The van der Waals surface area contributed by atoms with Gasteiger partial charge in [-0.05, 0) is 0 Å². The average Bonchev–Trinajstić information content (AvgIpc) is 3.37. The molecule has 0 bridgehead atoms. The molecule has 0 saturated carbocycles. The number of aliphatic carboxylic acids is 1. The van der Waals surface area contributed by atoms with Gasteiger partial charge in [0.25, 0.3) is 11.8 Å². The number of carbonyl (C=O) groups excluding carboxylic acids is 2. The minimum atomic E-state index is -1.12. The third-order valence-corrected chi connectivity index (χ3v) is 7.93. The van der Waals surface area contributed by atoms with Crippen molar-refractivity contribution in [3.8, 4) is 0 Å². The Kier molecular flexibility index (Phi) is 7.56. The number of amides is 2. The molecule has 2 fully saturated rings. The lowest BCUT2D eigenvalue weighted by Gasteiger charge is -2.49. The molecule has 2 amide bonds. The zero-order valence-electron chi connectivity index (χ0n) is 18.1. The van der Waals surface area contributed by atoms with Crippen molar-refractivity contribution in [1.29, 1.82) is 0 Å². The summed E-state index contributed by atoms with van der Waals surface area (Å²) in [6.45, 7) is 2.61. The number of rotatable bonds is 7. The van der Waals surface area contributed by atoms with Gasteiger partial charge in [-0.15, -0.1) is 23.1 Å². The number of nitrogens with zero attached hydrogens (tertiary/aromatic N) is 4. The van der Waals surface area contributed by atoms with E-state index in [1.54, 1.807) is 5.38 Å². The number of thioether (sulfide) groups is 1. The molecule has 4 rings (SSSR count). The van der Waals surface area contributed by atoms with Crippen LogP contribution < -0.4 is 23.5 Å². The van der Waals surface area contributed by atoms with Gasteiger partial charge in [-0.2, -0.15) is 0 Å². The lowest BCUT2D eigenvalue weighted by molar-refractivity contribution is -0.893. The summed E-state index contributed by atoms with van der Waals surface area (Å²) in [6, 6.07) is -0.863. The molecule has 14 heteroatoms. The summed E-state index contributed by atoms with van der Waals surface area (Å²) in [7, 11) is 3.42. The van der Waals surface area contributed by atoms with E-state index in [1.165, 1.54) is 23.8 Å². The number of carboxylic acids is 1. The maximum Gasteiger partial charge on any atom is 0.352 e. The summed E-state index contributed by atoms with van der Waals surface area (Å²) in [5.74, 6) is -1.71. The number of nitrogens with two attached hydrogens (primary N) is 1. The smallest absolute Gasteiger partial charge is 0.352 e. The molecule has 2 saturated heterocycles. The SMILES string of the molecule is CO/N=C(\C(=O)N[C@@H]1C(=O)N2C(C(=O)O)=C(C[N+]3(C)CCCC3)CSC12)c1csc(N)n1.[Cl-]. The number of oxime groups is 1. The zero-order chi connectivity index (χ0) is 23.0. The molecule has 1 unspecified atom stereocenters. The molecule has 180 valence electrons. The summed E-state index contributed by atoms with van der Waals surface area (Å²) in [4.78, 5) is 47.9. The van der Waals surface area contributed by atoms with Crippen LogP contribution in [0.25, 0.3) is 0 Å². The monoisotopic (exact) mass is 516 g/mol. The van der Waals surface area contributed by atoms with Gasteiger partial charge >= 0.3 is 5.97 Å². The van der Waals surface area contributed by atoms with E-state index in [0.717, 1.165) is 47.3 Å². The first-order valence-electron chi connectivity index (χ1n) is 10.1. The lowest BCUT2D eigenvalue weighted by atomic mass is 10.0. The number of fused-ring (bicyclic) bond motifs is 1. The van der Waals surface area contributed by atoms with E-state index in [-0.39, 0.29) is 34.6 Å². The fraction of sp³-hybridized carbons (Fsp3) is 0.526. The van der Waals surface area contributed by atoms with Gasteiger partial charge < -0.3 is 37.9 Å². The first-order valence-corrected chi connectivity index (χ1v) is 12.0. The van der Waals surface area contributed by atoms with Crippen LogP contribution in [0, 0.1) is 0 Å². The summed E-state index contributed by atoms with van der Waals surface area (Å²) < 4.78 is 0.785. The maximum atomic E-state index is 12.9. The van der Waals surface area contributed by atoms with Crippen molar-refractivity contribution < 1.29 is 41.2 Å².